The van der Waals surface area contributed by atoms with Gasteiger partial charge in [-0.3, -0.25) is 0 Å². The zero-order chi connectivity index (χ0) is 9.10. The fraction of sp³-hybridized carbons (Fsp3) is 0.300. The molecular weight excluding hydrogens is 168 g/mol. The largest absolute Gasteiger partial charge is 0.489 e. The number of aldehydes is 1. The molecule has 0 aromatic heterocycles. The van der Waals surface area contributed by atoms with Gasteiger partial charge in [0.2, 0.25) is 0 Å². The third kappa shape index (κ3) is 1.64. The van der Waals surface area contributed by atoms with Gasteiger partial charge in [-0.1, -0.05) is 12.1 Å². The Labute approximate surface area is 76.3 Å². The zero-order valence-electron chi connectivity index (χ0n) is 7.10. The number of rotatable bonds is 1. The van der Waals surface area contributed by atoms with E-state index in [1.54, 1.807) is 0 Å². The molecule has 1 aromatic carbocycles. The van der Waals surface area contributed by atoms with E-state index in [9.17, 15) is 4.79 Å². The number of hydrogen-bond acceptors (Lipinski definition) is 3. The van der Waals surface area contributed by atoms with Gasteiger partial charge in [-0.05, 0) is 12.1 Å². The van der Waals surface area contributed by atoms with Crippen LogP contribution in [-0.2, 0) is 4.79 Å². The number of hydrogen-bond donors (Lipinski definition) is 0. The summed E-state index contributed by atoms with van der Waals surface area (Å²) in [7, 11) is 0. The van der Waals surface area contributed by atoms with Gasteiger partial charge in [-0.25, -0.2) is 0 Å². The van der Waals surface area contributed by atoms with Crippen molar-refractivity contribution in [3.05, 3.63) is 24.3 Å². The number of carbonyl (C=O) groups excluding carboxylic acids is 1. The first-order valence-corrected chi connectivity index (χ1v) is 4.20. The van der Waals surface area contributed by atoms with Crippen molar-refractivity contribution in [2.75, 3.05) is 13.2 Å². The van der Waals surface area contributed by atoms with Gasteiger partial charge in [0, 0.05) is 0 Å². The molecule has 0 radical (unpaired) electrons. The Balaban J connectivity index is 2.21. The minimum Gasteiger partial charge on any atom is -0.489 e. The van der Waals surface area contributed by atoms with Crippen molar-refractivity contribution in [2.45, 2.75) is 0 Å². The maximum Gasteiger partial charge on any atom is 0.161 e. The highest BCUT2D eigenvalue weighted by Gasteiger charge is 2.16. The molecule has 68 valence electrons. The van der Waals surface area contributed by atoms with Crippen LogP contribution in [0.2, 0.25) is 0 Å². The Morgan fingerprint density at radius 3 is 2.15 bits per heavy atom. The topological polar surface area (TPSA) is 35.5 Å². The van der Waals surface area contributed by atoms with Crippen molar-refractivity contribution in [1.82, 2.24) is 0 Å². The summed E-state index contributed by atoms with van der Waals surface area (Å²) in [5.74, 6) is 1.27. The van der Waals surface area contributed by atoms with Crippen LogP contribution in [0.25, 0.3) is 0 Å². The van der Waals surface area contributed by atoms with Gasteiger partial charge < -0.3 is 14.3 Å². The summed E-state index contributed by atoms with van der Waals surface area (Å²) in [6, 6.07) is 7.43. The van der Waals surface area contributed by atoms with E-state index >= 15 is 0 Å². The van der Waals surface area contributed by atoms with Crippen LogP contribution in [0.4, 0.5) is 0 Å². The summed E-state index contributed by atoms with van der Waals surface area (Å²) in [6.07, 6.45) is 0.867. The lowest BCUT2D eigenvalue weighted by atomic mass is 10.2. The van der Waals surface area contributed by atoms with E-state index in [1.165, 1.54) is 0 Å². The molecule has 0 amide bonds. The Morgan fingerprint density at radius 1 is 1.15 bits per heavy atom. The third-order valence-corrected chi connectivity index (χ3v) is 1.95. The summed E-state index contributed by atoms with van der Waals surface area (Å²) in [5, 5.41) is 0. The third-order valence-electron chi connectivity index (χ3n) is 1.95. The maximum atomic E-state index is 10.5. The quantitative estimate of drug-likeness (QED) is 0.607. The lowest BCUT2D eigenvalue weighted by molar-refractivity contribution is -0.112. The van der Waals surface area contributed by atoms with Crippen LogP contribution < -0.4 is 9.47 Å². The summed E-state index contributed by atoms with van der Waals surface area (Å²) in [5.41, 5.74) is 0. The highest BCUT2D eigenvalue weighted by atomic mass is 16.5. The number of benzene rings is 1. The molecule has 2 rings (SSSR count). The van der Waals surface area contributed by atoms with Crippen molar-refractivity contribution < 1.29 is 14.3 Å². The molecule has 0 bridgehead atoms. The molecule has 1 heterocycles. The number of carbonyl (C=O) groups is 1. The predicted molar refractivity (Wildman–Crippen MR) is 47.0 cm³/mol. The van der Waals surface area contributed by atoms with Crippen LogP contribution in [0.5, 0.6) is 11.5 Å². The molecule has 13 heavy (non-hydrogen) atoms. The molecule has 0 N–H and O–H groups in total. The highest BCUT2D eigenvalue weighted by molar-refractivity contribution is 5.54. The molecule has 0 saturated heterocycles. The monoisotopic (exact) mass is 178 g/mol. The fourth-order valence-electron chi connectivity index (χ4n) is 1.21. The molecule has 0 aliphatic carbocycles. The Morgan fingerprint density at radius 2 is 1.69 bits per heavy atom. The van der Waals surface area contributed by atoms with Gasteiger partial charge >= 0.3 is 0 Å². The predicted octanol–water partition coefficient (Wildman–Crippen LogP) is 1.27. The summed E-state index contributed by atoms with van der Waals surface area (Å²) >= 11 is 0. The summed E-state index contributed by atoms with van der Waals surface area (Å²) < 4.78 is 10.8. The summed E-state index contributed by atoms with van der Waals surface area (Å²) in [6.45, 7) is 0.807. The lowest BCUT2D eigenvalue weighted by Crippen LogP contribution is -2.17. The minimum absolute atomic E-state index is 0.160. The van der Waals surface area contributed by atoms with Crippen LogP contribution in [0.3, 0.4) is 0 Å². The molecule has 3 nitrogen and oxygen atoms in total. The van der Waals surface area contributed by atoms with Gasteiger partial charge in [0.1, 0.15) is 19.5 Å². The first-order chi connectivity index (χ1) is 6.40. The van der Waals surface area contributed by atoms with Gasteiger partial charge in [-0.2, -0.15) is 0 Å². The fourth-order valence-corrected chi connectivity index (χ4v) is 1.21. The molecule has 0 unspecified atom stereocenters. The molecule has 0 atom stereocenters. The summed E-state index contributed by atoms with van der Waals surface area (Å²) in [4.78, 5) is 10.5. The molecule has 1 aromatic rings. The number of para-hydroxylation sites is 2. The number of fused-ring (bicyclic) bond motifs is 1. The first-order valence-electron chi connectivity index (χ1n) is 4.20. The van der Waals surface area contributed by atoms with Gasteiger partial charge in [0.25, 0.3) is 0 Å². The van der Waals surface area contributed by atoms with Crippen molar-refractivity contribution in [1.29, 1.82) is 0 Å². The van der Waals surface area contributed by atoms with Crippen LogP contribution in [0, 0.1) is 5.92 Å². The molecule has 1 aliphatic rings. The Bertz CT molecular complexity index is 282. The average molecular weight is 178 g/mol. The first kappa shape index (κ1) is 8.10. The van der Waals surface area contributed by atoms with Crippen molar-refractivity contribution in [3.63, 3.8) is 0 Å². The van der Waals surface area contributed by atoms with E-state index in [2.05, 4.69) is 0 Å². The van der Waals surface area contributed by atoms with Crippen molar-refractivity contribution in [2.24, 2.45) is 5.92 Å². The van der Waals surface area contributed by atoms with Crippen LogP contribution in [-0.4, -0.2) is 19.5 Å². The second kappa shape index (κ2) is 3.47. The van der Waals surface area contributed by atoms with E-state index in [-0.39, 0.29) is 5.92 Å². The van der Waals surface area contributed by atoms with Crippen LogP contribution in [0.1, 0.15) is 0 Å². The second-order valence-electron chi connectivity index (χ2n) is 2.96. The molecular formula is C10H10O3. The molecule has 1 aliphatic heterocycles. The van der Waals surface area contributed by atoms with E-state index in [4.69, 9.17) is 9.47 Å². The average Bonchev–Trinajstić information content (AvgIpc) is 2.39. The molecule has 3 heteroatoms. The van der Waals surface area contributed by atoms with Crippen molar-refractivity contribution in [3.8, 4) is 11.5 Å². The van der Waals surface area contributed by atoms with E-state index < -0.39 is 0 Å². The zero-order valence-corrected chi connectivity index (χ0v) is 7.10. The molecule has 0 spiro atoms. The second-order valence-corrected chi connectivity index (χ2v) is 2.96. The maximum absolute atomic E-state index is 10.5. The van der Waals surface area contributed by atoms with Crippen LogP contribution in [0.15, 0.2) is 24.3 Å². The smallest absolute Gasteiger partial charge is 0.161 e. The van der Waals surface area contributed by atoms with E-state index in [1.807, 2.05) is 24.3 Å². The van der Waals surface area contributed by atoms with Crippen molar-refractivity contribution >= 4 is 6.29 Å². The van der Waals surface area contributed by atoms with Crippen LogP contribution >= 0.6 is 0 Å². The SMILES string of the molecule is O=CC1COc2ccccc2OC1. The molecule has 0 fully saturated rings. The standard InChI is InChI=1S/C10H10O3/c11-5-8-6-12-9-3-1-2-4-10(9)13-7-8/h1-5,8H,6-7H2. The Kier molecular flexibility index (Phi) is 2.17. The van der Waals surface area contributed by atoms with E-state index in [0.29, 0.717) is 24.7 Å². The Hall–Kier alpha value is -1.51. The normalized spacial score (nSPS) is 16.3. The number of ether oxygens (including phenoxy) is 2. The van der Waals surface area contributed by atoms with Gasteiger partial charge in [-0.15, -0.1) is 0 Å². The van der Waals surface area contributed by atoms with Gasteiger partial charge in [0.15, 0.2) is 11.5 Å². The molecule has 0 saturated carbocycles. The van der Waals surface area contributed by atoms with E-state index in [0.717, 1.165) is 6.29 Å². The highest BCUT2D eigenvalue weighted by Crippen LogP contribution is 2.28. The lowest BCUT2D eigenvalue weighted by Gasteiger charge is -2.04. The minimum atomic E-state index is -0.160. The van der Waals surface area contributed by atoms with Gasteiger partial charge in [0.05, 0.1) is 5.92 Å².